The highest BCUT2D eigenvalue weighted by Crippen LogP contribution is 2.37. The Kier molecular flexibility index (Phi) is 5.63. The van der Waals surface area contributed by atoms with E-state index in [9.17, 15) is 19.5 Å². The van der Waals surface area contributed by atoms with E-state index in [0.717, 1.165) is 4.88 Å². The number of nitrogens with zero attached hydrogens (tertiary/aromatic N) is 1. The molecule has 2 heterocycles. The second kappa shape index (κ2) is 7.92. The van der Waals surface area contributed by atoms with Crippen molar-refractivity contribution in [3.63, 3.8) is 0 Å². The maximum Gasteiger partial charge on any atom is 0.331 e. The number of carboxylic acid groups (broad SMARTS) is 1. The zero-order valence-electron chi connectivity index (χ0n) is 14.0. The second-order valence-electron chi connectivity index (χ2n) is 5.82. The number of thiophene rings is 1. The number of amides is 2. The van der Waals surface area contributed by atoms with E-state index in [-0.39, 0.29) is 18.2 Å². The maximum atomic E-state index is 12.6. The van der Waals surface area contributed by atoms with Crippen LogP contribution in [0.25, 0.3) is 0 Å². The van der Waals surface area contributed by atoms with Crippen molar-refractivity contribution in [3.8, 4) is 0 Å². The number of hydrogen-bond acceptors (Lipinski definition) is 5. The predicted octanol–water partition coefficient (Wildman–Crippen LogP) is 2.13. The van der Waals surface area contributed by atoms with Gasteiger partial charge in [0.2, 0.25) is 11.8 Å². The van der Waals surface area contributed by atoms with Crippen molar-refractivity contribution >= 4 is 40.9 Å². The Balaban J connectivity index is 1.73. The number of rotatable bonds is 7. The van der Waals surface area contributed by atoms with Crippen LogP contribution in [0.3, 0.4) is 0 Å². The fourth-order valence-corrected chi connectivity index (χ4v) is 4.61. The molecule has 1 aliphatic rings. The minimum atomic E-state index is -1.09. The van der Waals surface area contributed by atoms with Gasteiger partial charge in [-0.25, -0.2) is 4.79 Å². The highest BCUT2D eigenvalue weighted by atomic mass is 32.2. The zero-order chi connectivity index (χ0) is 18.7. The van der Waals surface area contributed by atoms with Gasteiger partial charge >= 0.3 is 5.97 Å². The van der Waals surface area contributed by atoms with Crippen LogP contribution in [0.2, 0.25) is 0 Å². The fraction of sp³-hybridized carbons (Fsp3) is 0.278. The molecule has 0 saturated carbocycles. The number of aliphatic carboxylic acids is 1. The highest BCUT2D eigenvalue weighted by Gasteiger charge is 2.53. The average Bonchev–Trinajstić information content (AvgIpc) is 3.13. The molecule has 3 rings (SSSR count). The predicted molar refractivity (Wildman–Crippen MR) is 101 cm³/mol. The normalized spacial score (nSPS) is 20.3. The largest absolute Gasteiger partial charge is 0.479 e. The summed E-state index contributed by atoms with van der Waals surface area (Å²) < 4.78 is 0. The molecule has 1 saturated heterocycles. The summed E-state index contributed by atoms with van der Waals surface area (Å²) in [5.41, 5.74) is 0.538. The van der Waals surface area contributed by atoms with E-state index in [1.807, 2.05) is 17.5 Å². The van der Waals surface area contributed by atoms with Gasteiger partial charge in [0.1, 0.15) is 11.4 Å². The van der Waals surface area contributed by atoms with Crippen molar-refractivity contribution in [2.75, 3.05) is 6.26 Å². The van der Waals surface area contributed by atoms with Crippen LogP contribution in [0.5, 0.6) is 0 Å². The summed E-state index contributed by atoms with van der Waals surface area (Å²) in [7, 11) is 0. The Bertz CT molecular complexity index is 795. The lowest BCUT2D eigenvalue weighted by Crippen LogP contribution is -2.70. The number of carbonyl (C=O) groups excluding carboxylic acids is 2. The summed E-state index contributed by atoms with van der Waals surface area (Å²) in [6, 6.07) is 10.6. The molecule has 0 spiro atoms. The van der Waals surface area contributed by atoms with E-state index >= 15 is 0 Å². The van der Waals surface area contributed by atoms with E-state index < -0.39 is 23.4 Å². The first-order valence-corrected chi connectivity index (χ1v) is 10.1. The van der Waals surface area contributed by atoms with Crippen LogP contribution < -0.4 is 5.32 Å². The third-order valence-electron chi connectivity index (χ3n) is 4.18. The van der Waals surface area contributed by atoms with Gasteiger partial charge < -0.3 is 15.3 Å². The van der Waals surface area contributed by atoms with Crippen molar-refractivity contribution in [2.24, 2.45) is 0 Å². The number of nitrogens with one attached hydrogen (secondary N) is 1. The van der Waals surface area contributed by atoms with Gasteiger partial charge in [0.25, 0.3) is 0 Å². The standard InChI is InChI=1S/C18H18N2O4S2/c1-25-17-14(19-13(21)10-12-8-5-9-26-12)16(22)20(17)15(18(23)24)11-6-3-2-4-7-11/h2-9,14-15,17H,10H2,1H3,(H,19,21)(H,23,24). The lowest BCUT2D eigenvalue weighted by molar-refractivity contribution is -0.162. The van der Waals surface area contributed by atoms with E-state index in [1.165, 1.54) is 28.0 Å². The van der Waals surface area contributed by atoms with Crippen LogP contribution in [0.4, 0.5) is 0 Å². The van der Waals surface area contributed by atoms with Crippen LogP contribution in [0.1, 0.15) is 16.5 Å². The first-order valence-electron chi connectivity index (χ1n) is 7.97. The molecule has 2 aromatic rings. The molecule has 3 unspecified atom stereocenters. The van der Waals surface area contributed by atoms with Gasteiger partial charge in [0.15, 0.2) is 6.04 Å². The molecule has 0 aliphatic carbocycles. The van der Waals surface area contributed by atoms with E-state index in [0.29, 0.717) is 5.56 Å². The second-order valence-corrected chi connectivity index (χ2v) is 7.81. The van der Waals surface area contributed by atoms with Gasteiger partial charge in [0.05, 0.1) is 6.42 Å². The molecule has 1 aromatic carbocycles. The Labute approximate surface area is 159 Å². The molecule has 2 N–H and O–H groups in total. The van der Waals surface area contributed by atoms with Crippen LogP contribution in [0.15, 0.2) is 47.8 Å². The lowest BCUT2D eigenvalue weighted by atomic mass is 9.97. The van der Waals surface area contributed by atoms with Crippen LogP contribution in [-0.2, 0) is 20.8 Å². The Morgan fingerprint density at radius 1 is 1.27 bits per heavy atom. The molecule has 1 fully saturated rings. The minimum Gasteiger partial charge on any atom is -0.479 e. The van der Waals surface area contributed by atoms with Crippen molar-refractivity contribution < 1.29 is 19.5 Å². The number of carboxylic acids is 1. The number of β-lactam (4-membered cyclic amide) rings is 1. The van der Waals surface area contributed by atoms with E-state index in [1.54, 1.807) is 36.6 Å². The zero-order valence-corrected chi connectivity index (χ0v) is 15.6. The molecule has 8 heteroatoms. The number of hydrogen-bond donors (Lipinski definition) is 2. The monoisotopic (exact) mass is 390 g/mol. The van der Waals surface area contributed by atoms with Crippen LogP contribution >= 0.6 is 23.1 Å². The number of benzene rings is 1. The van der Waals surface area contributed by atoms with Crippen molar-refractivity contribution in [1.82, 2.24) is 10.2 Å². The summed E-state index contributed by atoms with van der Waals surface area (Å²) in [4.78, 5) is 38.9. The molecule has 136 valence electrons. The Morgan fingerprint density at radius 2 is 2.00 bits per heavy atom. The van der Waals surface area contributed by atoms with Gasteiger partial charge in [-0.05, 0) is 23.3 Å². The molecule has 2 amide bonds. The number of likely N-dealkylation sites (tertiary alicyclic amines) is 1. The number of carbonyl (C=O) groups is 3. The van der Waals surface area contributed by atoms with Gasteiger partial charge in [-0.3, -0.25) is 9.59 Å². The van der Waals surface area contributed by atoms with Crippen molar-refractivity contribution in [2.45, 2.75) is 23.9 Å². The molecule has 6 nitrogen and oxygen atoms in total. The molecular formula is C18H18N2O4S2. The molecule has 1 aromatic heterocycles. The van der Waals surface area contributed by atoms with Crippen LogP contribution in [0, 0.1) is 0 Å². The van der Waals surface area contributed by atoms with Crippen molar-refractivity contribution in [1.29, 1.82) is 0 Å². The summed E-state index contributed by atoms with van der Waals surface area (Å²) in [6.45, 7) is 0. The highest BCUT2D eigenvalue weighted by molar-refractivity contribution is 7.99. The third kappa shape index (κ3) is 3.61. The molecule has 26 heavy (non-hydrogen) atoms. The topological polar surface area (TPSA) is 86.7 Å². The Morgan fingerprint density at radius 3 is 2.58 bits per heavy atom. The lowest BCUT2D eigenvalue weighted by Gasteiger charge is -2.48. The Hall–Kier alpha value is -2.32. The summed E-state index contributed by atoms with van der Waals surface area (Å²) in [5.74, 6) is -1.71. The smallest absolute Gasteiger partial charge is 0.331 e. The molecular weight excluding hydrogens is 372 g/mol. The quantitative estimate of drug-likeness (QED) is 0.708. The SMILES string of the molecule is CSC1C(NC(=O)Cc2cccs2)C(=O)N1C(C(=O)O)c1ccccc1. The molecule has 0 radical (unpaired) electrons. The van der Waals surface area contributed by atoms with Gasteiger partial charge in [-0.15, -0.1) is 23.1 Å². The molecule has 1 aliphatic heterocycles. The fourth-order valence-electron chi connectivity index (χ4n) is 3.00. The average molecular weight is 390 g/mol. The first-order chi connectivity index (χ1) is 12.5. The maximum absolute atomic E-state index is 12.6. The van der Waals surface area contributed by atoms with Gasteiger partial charge in [-0.2, -0.15) is 0 Å². The van der Waals surface area contributed by atoms with Crippen LogP contribution in [-0.4, -0.2) is 45.5 Å². The third-order valence-corrected chi connectivity index (χ3v) is 6.04. The number of thioether (sulfide) groups is 1. The summed E-state index contributed by atoms with van der Waals surface area (Å²) in [5, 5.41) is 13.9. The molecule has 3 atom stereocenters. The first kappa shape index (κ1) is 18.5. The summed E-state index contributed by atoms with van der Waals surface area (Å²) >= 11 is 2.83. The molecule has 0 bridgehead atoms. The van der Waals surface area contributed by atoms with E-state index in [2.05, 4.69) is 5.32 Å². The van der Waals surface area contributed by atoms with Gasteiger partial charge in [-0.1, -0.05) is 36.4 Å². The van der Waals surface area contributed by atoms with Gasteiger partial charge in [0, 0.05) is 4.88 Å². The van der Waals surface area contributed by atoms with E-state index in [4.69, 9.17) is 0 Å². The minimum absolute atomic E-state index is 0.212. The van der Waals surface area contributed by atoms with Crippen molar-refractivity contribution in [3.05, 3.63) is 58.3 Å². The summed E-state index contributed by atoms with van der Waals surface area (Å²) in [6.07, 6.45) is 2.01.